The topological polar surface area (TPSA) is 52.1 Å². The van der Waals surface area contributed by atoms with E-state index in [0.717, 1.165) is 16.5 Å². The molecule has 0 N–H and O–H groups in total. The van der Waals surface area contributed by atoms with Crippen LogP contribution < -0.4 is 4.74 Å². The number of pyridine rings is 2. The summed E-state index contributed by atoms with van der Waals surface area (Å²) in [5, 5.41) is 1.07. The summed E-state index contributed by atoms with van der Waals surface area (Å²) in [7, 11) is 1.60. The minimum Gasteiger partial charge on any atom is -0.497 e. The van der Waals surface area contributed by atoms with Crippen molar-refractivity contribution in [2.75, 3.05) is 7.11 Å². The highest BCUT2D eigenvalue weighted by molar-refractivity contribution is 6.38. The van der Waals surface area contributed by atoms with E-state index >= 15 is 0 Å². The number of hydrogen-bond acceptors (Lipinski definition) is 4. The molecule has 102 valence electrons. The van der Waals surface area contributed by atoms with Gasteiger partial charge in [-0.1, -0.05) is 17.7 Å². The van der Waals surface area contributed by atoms with E-state index in [1.807, 2.05) is 24.3 Å². The summed E-state index contributed by atoms with van der Waals surface area (Å²) in [6, 6.07) is 9.24. The van der Waals surface area contributed by atoms with Crippen LogP contribution in [0, 0.1) is 0 Å². The smallest absolute Gasteiger partial charge is 0.215 e. The van der Waals surface area contributed by atoms with Crippen molar-refractivity contribution in [2.45, 2.75) is 0 Å². The number of carbonyl (C=O) groups excluding carboxylic acids is 1. The van der Waals surface area contributed by atoms with E-state index in [4.69, 9.17) is 16.3 Å². The minimum atomic E-state index is -0.171. The lowest BCUT2D eigenvalue weighted by atomic mass is 10.0. The molecule has 0 bridgehead atoms. The second kappa shape index (κ2) is 4.27. The average molecular weight is 297 g/mol. The minimum absolute atomic E-state index is 0.171. The van der Waals surface area contributed by atoms with Crippen molar-refractivity contribution in [3.8, 4) is 16.9 Å². The molecule has 21 heavy (non-hydrogen) atoms. The van der Waals surface area contributed by atoms with E-state index in [2.05, 4.69) is 9.97 Å². The number of fused-ring (bicyclic) bond motifs is 5. The van der Waals surface area contributed by atoms with Crippen LogP contribution in [0.25, 0.3) is 22.0 Å². The van der Waals surface area contributed by atoms with Crippen LogP contribution in [0.5, 0.6) is 5.75 Å². The van der Waals surface area contributed by atoms with Gasteiger partial charge in [0.1, 0.15) is 16.6 Å². The Morgan fingerprint density at radius 3 is 2.86 bits per heavy atom. The molecule has 4 nitrogen and oxygen atoms in total. The first-order valence-corrected chi connectivity index (χ1v) is 6.76. The lowest BCUT2D eigenvalue weighted by molar-refractivity contribution is 0.103. The van der Waals surface area contributed by atoms with Gasteiger partial charge in [0, 0.05) is 28.8 Å². The zero-order chi connectivity index (χ0) is 14.6. The van der Waals surface area contributed by atoms with Gasteiger partial charge in [-0.15, -0.1) is 0 Å². The molecule has 5 heteroatoms. The van der Waals surface area contributed by atoms with Crippen LogP contribution in [0.15, 0.2) is 36.5 Å². The molecule has 3 aromatic rings. The van der Waals surface area contributed by atoms with Crippen LogP contribution in [-0.2, 0) is 0 Å². The third-order valence-corrected chi connectivity index (χ3v) is 3.94. The number of benzene rings is 1. The number of aromatic nitrogens is 2. The molecule has 0 radical (unpaired) electrons. The molecule has 0 amide bonds. The van der Waals surface area contributed by atoms with Gasteiger partial charge < -0.3 is 4.74 Å². The van der Waals surface area contributed by atoms with Gasteiger partial charge in [-0.05, 0) is 18.2 Å². The van der Waals surface area contributed by atoms with Gasteiger partial charge in [0.2, 0.25) is 5.78 Å². The van der Waals surface area contributed by atoms with E-state index in [0.29, 0.717) is 22.5 Å². The highest BCUT2D eigenvalue weighted by Gasteiger charge is 2.32. The summed E-state index contributed by atoms with van der Waals surface area (Å²) in [5.74, 6) is 0.526. The van der Waals surface area contributed by atoms with Crippen molar-refractivity contribution in [1.82, 2.24) is 9.97 Å². The van der Waals surface area contributed by atoms with E-state index in [-0.39, 0.29) is 10.9 Å². The fourth-order valence-corrected chi connectivity index (χ4v) is 3.01. The van der Waals surface area contributed by atoms with Gasteiger partial charge in [0.25, 0.3) is 0 Å². The maximum absolute atomic E-state index is 12.5. The summed E-state index contributed by atoms with van der Waals surface area (Å²) in [5.41, 5.74) is 3.17. The molecule has 0 unspecified atom stereocenters. The number of halogens is 1. The lowest BCUT2D eigenvalue weighted by Gasteiger charge is -2.08. The number of rotatable bonds is 1. The molecule has 2 aromatic heterocycles. The lowest BCUT2D eigenvalue weighted by Crippen LogP contribution is -2.00. The molecule has 4 rings (SSSR count). The Kier molecular flexibility index (Phi) is 2.50. The number of ether oxygens (including phenoxy) is 1. The molecule has 0 fully saturated rings. The molecular formula is C16H9ClN2O2. The van der Waals surface area contributed by atoms with Crippen molar-refractivity contribution < 1.29 is 9.53 Å². The highest BCUT2D eigenvalue weighted by Crippen LogP contribution is 2.43. The predicted molar refractivity (Wildman–Crippen MR) is 80.0 cm³/mol. The van der Waals surface area contributed by atoms with Crippen LogP contribution >= 0.6 is 11.6 Å². The molecule has 1 aromatic carbocycles. The van der Waals surface area contributed by atoms with Crippen molar-refractivity contribution in [3.05, 3.63) is 52.9 Å². The molecule has 0 spiro atoms. The Bertz CT molecular complexity index is 922. The maximum atomic E-state index is 12.5. The quantitative estimate of drug-likeness (QED) is 0.504. The fourth-order valence-electron chi connectivity index (χ4n) is 2.74. The van der Waals surface area contributed by atoms with Crippen molar-refractivity contribution in [3.63, 3.8) is 0 Å². The molecule has 0 aliphatic heterocycles. The number of carbonyl (C=O) groups is 1. The van der Waals surface area contributed by atoms with Gasteiger partial charge in [0.05, 0.1) is 18.2 Å². The van der Waals surface area contributed by atoms with Crippen LogP contribution in [0.3, 0.4) is 0 Å². The third kappa shape index (κ3) is 1.59. The zero-order valence-corrected chi connectivity index (χ0v) is 11.8. The first-order chi connectivity index (χ1) is 10.2. The van der Waals surface area contributed by atoms with Crippen molar-refractivity contribution in [2.24, 2.45) is 0 Å². The van der Waals surface area contributed by atoms with E-state index in [1.165, 1.54) is 0 Å². The van der Waals surface area contributed by atoms with Crippen LogP contribution in [0.1, 0.15) is 16.1 Å². The summed E-state index contributed by atoms with van der Waals surface area (Å²) >= 11 is 6.23. The van der Waals surface area contributed by atoms with Gasteiger partial charge in [0.15, 0.2) is 0 Å². The van der Waals surface area contributed by atoms with E-state index < -0.39 is 0 Å². The Balaban J connectivity index is 2.16. The molecule has 0 saturated heterocycles. The second-order valence-corrected chi connectivity index (χ2v) is 5.12. The zero-order valence-electron chi connectivity index (χ0n) is 11.1. The Labute approximate surface area is 125 Å². The molecule has 1 aliphatic rings. The predicted octanol–water partition coefficient (Wildman–Crippen LogP) is 3.50. The SMILES string of the molecule is COc1ccc2c3c(c(Cl)nc2c1)C(=O)c1ncccc1-3. The number of methoxy groups -OCH3 is 1. The van der Waals surface area contributed by atoms with Gasteiger partial charge in [-0.2, -0.15) is 0 Å². The Morgan fingerprint density at radius 2 is 2.05 bits per heavy atom. The summed E-state index contributed by atoms with van der Waals surface area (Å²) in [6.07, 6.45) is 1.61. The Hall–Kier alpha value is -2.46. The summed E-state index contributed by atoms with van der Waals surface area (Å²) in [6.45, 7) is 0. The Morgan fingerprint density at radius 1 is 1.19 bits per heavy atom. The van der Waals surface area contributed by atoms with Crippen molar-refractivity contribution >= 4 is 28.3 Å². The maximum Gasteiger partial charge on any atom is 0.215 e. The van der Waals surface area contributed by atoms with Gasteiger partial charge >= 0.3 is 0 Å². The second-order valence-electron chi connectivity index (χ2n) is 4.76. The largest absolute Gasteiger partial charge is 0.497 e. The summed E-state index contributed by atoms with van der Waals surface area (Å²) in [4.78, 5) is 21.0. The molecule has 0 saturated carbocycles. The normalized spacial score (nSPS) is 12.4. The van der Waals surface area contributed by atoms with E-state index in [1.54, 1.807) is 19.4 Å². The van der Waals surface area contributed by atoms with Gasteiger partial charge in [-0.3, -0.25) is 9.78 Å². The number of ketones is 1. The standard InChI is InChI=1S/C16H9ClN2O2/c1-21-8-4-5-9-11(7-8)19-16(17)13-12(9)10-3-2-6-18-14(10)15(13)20/h2-7H,1H3. The first-order valence-electron chi connectivity index (χ1n) is 6.38. The first kappa shape index (κ1) is 12.3. The molecule has 2 heterocycles. The van der Waals surface area contributed by atoms with Crippen LogP contribution in [-0.4, -0.2) is 22.9 Å². The highest BCUT2D eigenvalue weighted by atomic mass is 35.5. The van der Waals surface area contributed by atoms with Crippen LogP contribution in [0.4, 0.5) is 0 Å². The molecular weight excluding hydrogens is 288 g/mol. The monoisotopic (exact) mass is 296 g/mol. The van der Waals surface area contributed by atoms with Gasteiger partial charge in [-0.25, -0.2) is 4.98 Å². The fraction of sp³-hybridized carbons (Fsp3) is 0.0625. The summed E-state index contributed by atoms with van der Waals surface area (Å²) < 4.78 is 5.21. The number of hydrogen-bond donors (Lipinski definition) is 0. The third-order valence-electron chi connectivity index (χ3n) is 3.67. The van der Waals surface area contributed by atoms with E-state index in [9.17, 15) is 4.79 Å². The van der Waals surface area contributed by atoms with Crippen LogP contribution in [0.2, 0.25) is 5.15 Å². The number of nitrogens with zero attached hydrogens (tertiary/aromatic N) is 2. The van der Waals surface area contributed by atoms with Crippen molar-refractivity contribution in [1.29, 1.82) is 0 Å². The molecule has 0 atom stereocenters. The molecule has 1 aliphatic carbocycles. The average Bonchev–Trinajstić information content (AvgIpc) is 2.81.